The van der Waals surface area contributed by atoms with Crippen LogP contribution in [0, 0.1) is 6.92 Å². The fourth-order valence-corrected chi connectivity index (χ4v) is 3.28. The van der Waals surface area contributed by atoms with Gasteiger partial charge >= 0.3 is 5.97 Å². The van der Waals surface area contributed by atoms with Gasteiger partial charge in [-0.2, -0.15) is 0 Å². The number of aromatic carboxylic acids is 1. The summed E-state index contributed by atoms with van der Waals surface area (Å²) in [6, 6.07) is 8.89. The number of rotatable bonds is 4. The number of carboxylic acids is 1. The Kier molecular flexibility index (Phi) is 3.92. The summed E-state index contributed by atoms with van der Waals surface area (Å²) in [5.41, 5.74) is 1.32. The average Bonchev–Trinajstić information content (AvgIpc) is 2.98. The van der Waals surface area contributed by atoms with Crippen molar-refractivity contribution in [1.29, 1.82) is 0 Å². The van der Waals surface area contributed by atoms with Crippen LogP contribution in [0.15, 0.2) is 30.3 Å². The number of pyridine rings is 1. The maximum Gasteiger partial charge on any atom is 0.336 e. The summed E-state index contributed by atoms with van der Waals surface area (Å²) < 4.78 is 10.6. The molecule has 0 bridgehead atoms. The molecule has 23 heavy (non-hydrogen) atoms. The Morgan fingerprint density at radius 3 is 2.52 bits per heavy atom. The number of ether oxygens (including phenoxy) is 2. The molecule has 5 nitrogen and oxygen atoms in total. The molecule has 2 aromatic heterocycles. The number of benzene rings is 1. The Morgan fingerprint density at radius 1 is 1.17 bits per heavy atom. The number of thiophene rings is 1. The van der Waals surface area contributed by atoms with Crippen molar-refractivity contribution in [3.05, 3.63) is 40.8 Å². The van der Waals surface area contributed by atoms with Gasteiger partial charge in [-0.05, 0) is 25.1 Å². The maximum absolute atomic E-state index is 11.7. The summed E-state index contributed by atoms with van der Waals surface area (Å²) >= 11 is 1.57. The smallest absolute Gasteiger partial charge is 0.336 e. The van der Waals surface area contributed by atoms with Crippen LogP contribution in [0.3, 0.4) is 0 Å². The molecule has 0 aliphatic heterocycles. The number of carboxylic acid groups (broad SMARTS) is 1. The lowest BCUT2D eigenvalue weighted by Gasteiger charge is -2.12. The highest BCUT2D eigenvalue weighted by atomic mass is 32.1. The molecule has 0 unspecified atom stereocenters. The minimum Gasteiger partial charge on any atom is -0.497 e. The Bertz CT molecular complexity index is 901. The van der Waals surface area contributed by atoms with Gasteiger partial charge in [0.25, 0.3) is 0 Å². The van der Waals surface area contributed by atoms with Gasteiger partial charge in [-0.3, -0.25) is 0 Å². The van der Waals surface area contributed by atoms with Crippen molar-refractivity contribution in [2.24, 2.45) is 0 Å². The van der Waals surface area contributed by atoms with Crippen LogP contribution in [0.5, 0.6) is 11.5 Å². The number of hydrogen-bond donors (Lipinski definition) is 1. The standard InChI is InChI=1S/C17H15NO4S/c1-9-4-5-15(23-9)12-8-11(17(19)20)16-13(18-12)6-10(21-2)7-14(16)22-3/h4-8H,1-3H3,(H,19,20). The van der Waals surface area contributed by atoms with Gasteiger partial charge in [0.2, 0.25) is 0 Å². The van der Waals surface area contributed by atoms with Crippen molar-refractivity contribution in [3.63, 3.8) is 0 Å². The molecule has 3 rings (SSSR count). The molecule has 0 radical (unpaired) electrons. The first-order valence-corrected chi connectivity index (χ1v) is 7.72. The van der Waals surface area contributed by atoms with E-state index in [1.807, 2.05) is 19.1 Å². The molecule has 1 N–H and O–H groups in total. The molecule has 0 saturated carbocycles. The van der Waals surface area contributed by atoms with Crippen molar-refractivity contribution < 1.29 is 19.4 Å². The molecule has 0 saturated heterocycles. The molecule has 118 valence electrons. The molecule has 2 heterocycles. The second-order valence-electron chi connectivity index (χ2n) is 4.99. The first-order chi connectivity index (χ1) is 11.0. The highest BCUT2D eigenvalue weighted by Crippen LogP contribution is 2.36. The number of aryl methyl sites for hydroxylation is 1. The number of fused-ring (bicyclic) bond motifs is 1. The molecule has 0 atom stereocenters. The monoisotopic (exact) mass is 329 g/mol. The van der Waals surface area contributed by atoms with E-state index < -0.39 is 5.97 Å². The van der Waals surface area contributed by atoms with E-state index in [-0.39, 0.29) is 5.56 Å². The van der Waals surface area contributed by atoms with Crippen molar-refractivity contribution in [2.45, 2.75) is 6.92 Å². The lowest BCUT2D eigenvalue weighted by atomic mass is 10.1. The number of aromatic nitrogens is 1. The second kappa shape index (κ2) is 5.89. The van der Waals surface area contributed by atoms with Gasteiger partial charge in [0.05, 0.1) is 41.3 Å². The van der Waals surface area contributed by atoms with Gasteiger partial charge in [-0.15, -0.1) is 11.3 Å². The molecule has 0 aliphatic carbocycles. The Labute approximate surface area is 137 Å². The van der Waals surface area contributed by atoms with Gasteiger partial charge in [0.1, 0.15) is 11.5 Å². The summed E-state index contributed by atoms with van der Waals surface area (Å²) in [6.07, 6.45) is 0. The van der Waals surface area contributed by atoms with Crippen molar-refractivity contribution in [2.75, 3.05) is 14.2 Å². The van der Waals surface area contributed by atoms with E-state index in [0.29, 0.717) is 28.1 Å². The summed E-state index contributed by atoms with van der Waals surface area (Å²) in [7, 11) is 3.04. The molecule has 0 spiro atoms. The topological polar surface area (TPSA) is 68.7 Å². The Morgan fingerprint density at radius 2 is 1.96 bits per heavy atom. The number of methoxy groups -OCH3 is 2. The van der Waals surface area contributed by atoms with Crippen LogP contribution < -0.4 is 9.47 Å². The summed E-state index contributed by atoms with van der Waals surface area (Å²) in [4.78, 5) is 18.4. The predicted molar refractivity (Wildman–Crippen MR) is 89.9 cm³/mol. The first kappa shape index (κ1) is 15.3. The van der Waals surface area contributed by atoms with E-state index in [4.69, 9.17) is 9.47 Å². The largest absolute Gasteiger partial charge is 0.497 e. The van der Waals surface area contributed by atoms with Gasteiger partial charge in [0.15, 0.2) is 0 Å². The molecule has 0 fully saturated rings. The van der Waals surface area contributed by atoms with Gasteiger partial charge in [0, 0.05) is 17.0 Å². The third kappa shape index (κ3) is 2.73. The Balaban J connectivity index is 2.36. The SMILES string of the molecule is COc1cc(OC)c2c(C(=O)O)cc(-c3ccc(C)s3)nc2c1. The molecule has 3 aromatic rings. The van der Waals surface area contributed by atoms with E-state index in [1.165, 1.54) is 7.11 Å². The van der Waals surface area contributed by atoms with Crippen molar-refractivity contribution in [3.8, 4) is 22.1 Å². The van der Waals surface area contributed by atoms with E-state index in [1.54, 1.807) is 36.6 Å². The summed E-state index contributed by atoms with van der Waals surface area (Å²) in [6.45, 7) is 2.00. The van der Waals surface area contributed by atoms with Gasteiger partial charge in [-0.25, -0.2) is 9.78 Å². The highest BCUT2D eigenvalue weighted by Gasteiger charge is 2.18. The van der Waals surface area contributed by atoms with Crippen LogP contribution in [0.1, 0.15) is 15.2 Å². The zero-order valence-corrected chi connectivity index (χ0v) is 13.7. The van der Waals surface area contributed by atoms with Crippen LogP contribution in [0.4, 0.5) is 0 Å². The van der Waals surface area contributed by atoms with Crippen LogP contribution in [0.2, 0.25) is 0 Å². The van der Waals surface area contributed by atoms with E-state index in [9.17, 15) is 9.90 Å². The fourth-order valence-electron chi connectivity index (χ4n) is 2.45. The average molecular weight is 329 g/mol. The number of hydrogen-bond acceptors (Lipinski definition) is 5. The zero-order chi connectivity index (χ0) is 16.6. The maximum atomic E-state index is 11.7. The molecule has 1 aromatic carbocycles. The second-order valence-corrected chi connectivity index (χ2v) is 6.28. The molecular weight excluding hydrogens is 314 g/mol. The van der Waals surface area contributed by atoms with Gasteiger partial charge < -0.3 is 14.6 Å². The summed E-state index contributed by atoms with van der Waals surface area (Å²) in [5.74, 6) is -0.0220. The molecule has 0 aliphatic rings. The van der Waals surface area contributed by atoms with Gasteiger partial charge in [-0.1, -0.05) is 0 Å². The fraction of sp³-hybridized carbons (Fsp3) is 0.176. The lowest BCUT2D eigenvalue weighted by molar-refractivity contribution is 0.0698. The van der Waals surface area contributed by atoms with Crippen LogP contribution >= 0.6 is 11.3 Å². The first-order valence-electron chi connectivity index (χ1n) is 6.90. The third-order valence-electron chi connectivity index (χ3n) is 3.53. The predicted octanol–water partition coefficient (Wildman–Crippen LogP) is 3.99. The minimum atomic E-state index is -1.02. The van der Waals surface area contributed by atoms with E-state index in [0.717, 1.165) is 9.75 Å². The van der Waals surface area contributed by atoms with Crippen molar-refractivity contribution >= 4 is 28.2 Å². The lowest BCUT2D eigenvalue weighted by Crippen LogP contribution is -2.02. The zero-order valence-electron chi connectivity index (χ0n) is 12.9. The van der Waals surface area contributed by atoms with E-state index in [2.05, 4.69) is 4.98 Å². The number of nitrogens with zero attached hydrogens (tertiary/aromatic N) is 1. The minimum absolute atomic E-state index is 0.163. The normalized spacial score (nSPS) is 10.7. The quantitative estimate of drug-likeness (QED) is 0.784. The van der Waals surface area contributed by atoms with E-state index >= 15 is 0 Å². The number of carbonyl (C=O) groups is 1. The van der Waals surface area contributed by atoms with Crippen LogP contribution in [-0.4, -0.2) is 30.3 Å². The Hall–Kier alpha value is -2.60. The highest BCUT2D eigenvalue weighted by molar-refractivity contribution is 7.15. The van der Waals surface area contributed by atoms with Crippen molar-refractivity contribution in [1.82, 2.24) is 4.98 Å². The molecule has 6 heteroatoms. The third-order valence-corrected chi connectivity index (χ3v) is 4.55. The van der Waals surface area contributed by atoms with Crippen LogP contribution in [-0.2, 0) is 0 Å². The molecule has 0 amide bonds. The van der Waals surface area contributed by atoms with Crippen LogP contribution in [0.25, 0.3) is 21.5 Å². The molecular formula is C17H15NO4S. The summed E-state index contributed by atoms with van der Waals surface area (Å²) in [5, 5.41) is 10.1.